The molecule has 0 unspecified atom stereocenters. The summed E-state index contributed by atoms with van der Waals surface area (Å²) in [4.78, 5) is 19.8. The first-order valence-electron chi connectivity index (χ1n) is 12.0. The van der Waals surface area contributed by atoms with Crippen LogP contribution in [-0.2, 0) is 16.0 Å². The van der Waals surface area contributed by atoms with Gasteiger partial charge in [0.2, 0.25) is 0 Å². The predicted molar refractivity (Wildman–Crippen MR) is 129 cm³/mol. The van der Waals surface area contributed by atoms with Gasteiger partial charge in [-0.2, -0.15) is 0 Å². The topological polar surface area (TPSA) is 86.8 Å². The molecule has 0 spiro atoms. The molecule has 4 aliphatic heterocycles. The Morgan fingerprint density at radius 1 is 1.15 bits per heavy atom. The van der Waals surface area contributed by atoms with Crippen LogP contribution in [0.2, 0.25) is 5.02 Å². The molecule has 0 aromatic heterocycles. The van der Waals surface area contributed by atoms with Crippen LogP contribution >= 0.6 is 11.6 Å². The minimum atomic E-state index is -0.371. The summed E-state index contributed by atoms with van der Waals surface area (Å²) in [5, 5.41) is 8.98. The molecular formula is C24H33ClN6O2. The zero-order chi connectivity index (χ0) is 22.9. The summed E-state index contributed by atoms with van der Waals surface area (Å²) >= 11 is 6.09. The van der Waals surface area contributed by atoms with Crippen LogP contribution in [0, 0.1) is 5.92 Å². The van der Waals surface area contributed by atoms with Crippen molar-refractivity contribution in [1.82, 2.24) is 14.7 Å². The Morgan fingerprint density at radius 3 is 2.52 bits per heavy atom. The lowest BCUT2D eigenvalue weighted by atomic mass is 9.95. The number of amides is 1. The lowest BCUT2D eigenvalue weighted by molar-refractivity contribution is -0.161. The van der Waals surface area contributed by atoms with Gasteiger partial charge in [-0.1, -0.05) is 30.7 Å². The van der Waals surface area contributed by atoms with E-state index in [2.05, 4.69) is 39.1 Å². The van der Waals surface area contributed by atoms with Crippen molar-refractivity contribution in [3.63, 3.8) is 0 Å². The molecule has 4 aliphatic rings. The molecular weight excluding hydrogens is 440 g/mol. The highest BCUT2D eigenvalue weighted by Gasteiger charge is 2.41. The fraction of sp³-hybridized carbons (Fsp3) is 0.625. The van der Waals surface area contributed by atoms with Crippen molar-refractivity contribution in [3.05, 3.63) is 34.9 Å². The summed E-state index contributed by atoms with van der Waals surface area (Å²) in [5.74, 6) is 2.30. The van der Waals surface area contributed by atoms with Crippen LogP contribution in [0.15, 0.2) is 34.5 Å². The molecule has 0 bridgehead atoms. The first-order chi connectivity index (χ1) is 16.0. The molecule has 2 atom stereocenters. The summed E-state index contributed by atoms with van der Waals surface area (Å²) in [5.41, 5.74) is 7.05. The number of carbonyl (C=O) groups excluding carboxylic acids is 1. The summed E-state index contributed by atoms with van der Waals surface area (Å²) in [6, 6.07) is 8.71. The van der Waals surface area contributed by atoms with Gasteiger partial charge < -0.3 is 20.3 Å². The van der Waals surface area contributed by atoms with Gasteiger partial charge in [-0.25, -0.2) is 0 Å². The van der Waals surface area contributed by atoms with E-state index < -0.39 is 0 Å². The second-order valence-electron chi connectivity index (χ2n) is 9.85. The fourth-order valence-corrected chi connectivity index (χ4v) is 5.58. The number of rotatable bonds is 4. The van der Waals surface area contributed by atoms with E-state index in [1.54, 1.807) is 0 Å². The number of halogens is 1. The minimum Gasteiger partial charge on any atom is -0.385 e. The number of benzene rings is 1. The quantitative estimate of drug-likeness (QED) is 0.724. The lowest BCUT2D eigenvalue weighted by Crippen LogP contribution is -2.62. The van der Waals surface area contributed by atoms with Gasteiger partial charge in [-0.05, 0) is 42.9 Å². The molecule has 1 aromatic rings. The van der Waals surface area contributed by atoms with Crippen molar-refractivity contribution >= 4 is 29.2 Å². The molecule has 0 aliphatic carbocycles. The standard InChI is InChI=1S/C24H33ClN6O2/c1-16-12-30(13-16)24(32)21-14-31(20(15-33-21)10-17-2-4-18(25)5-3-17)19-6-8-29(9-7-19)23-11-22(26)27-28-23/h2-5,16,19-21H,6-15H2,1H3,(H2,26,27)/t20-,21+/m0/s1. The molecule has 1 amide bonds. The van der Waals surface area contributed by atoms with Gasteiger partial charge in [0, 0.05) is 49.8 Å². The maximum Gasteiger partial charge on any atom is 0.253 e. The minimum absolute atomic E-state index is 0.147. The molecule has 0 saturated carbocycles. The number of nitrogens with zero attached hydrogens (tertiary/aromatic N) is 5. The van der Waals surface area contributed by atoms with E-state index in [9.17, 15) is 4.79 Å². The molecule has 3 fully saturated rings. The highest BCUT2D eigenvalue weighted by atomic mass is 35.5. The third kappa shape index (κ3) is 5.03. The Kier molecular flexibility index (Phi) is 6.58. The van der Waals surface area contributed by atoms with Crippen LogP contribution < -0.4 is 5.73 Å². The average Bonchev–Trinajstić information content (AvgIpc) is 3.25. The van der Waals surface area contributed by atoms with Crippen LogP contribution in [-0.4, -0.2) is 89.8 Å². The van der Waals surface area contributed by atoms with Crippen molar-refractivity contribution < 1.29 is 9.53 Å². The average molecular weight is 473 g/mol. The summed E-state index contributed by atoms with van der Waals surface area (Å²) in [6.07, 6.45) is 3.21. The molecule has 1 aromatic carbocycles. The summed E-state index contributed by atoms with van der Waals surface area (Å²) in [6.45, 7) is 6.96. The van der Waals surface area contributed by atoms with Crippen LogP contribution in [0.25, 0.3) is 0 Å². The SMILES string of the molecule is CC1CN(C(=O)[C@H]2CN(C3CCN(C4=NN=C(N)C4)CC3)[C@@H](Cc3ccc(Cl)cc3)CO2)C1. The highest BCUT2D eigenvalue weighted by Crippen LogP contribution is 2.28. The van der Waals surface area contributed by atoms with Gasteiger partial charge in [0.15, 0.2) is 0 Å². The number of hydrogen-bond donors (Lipinski definition) is 1. The van der Waals surface area contributed by atoms with Crippen LogP contribution in [0.1, 0.15) is 31.7 Å². The maximum atomic E-state index is 13.0. The maximum absolute atomic E-state index is 13.0. The number of hydrogen-bond acceptors (Lipinski definition) is 7. The molecule has 5 rings (SSSR count). The smallest absolute Gasteiger partial charge is 0.253 e. The predicted octanol–water partition coefficient (Wildman–Crippen LogP) is 1.97. The van der Waals surface area contributed by atoms with Crippen molar-refractivity contribution in [3.8, 4) is 0 Å². The second-order valence-corrected chi connectivity index (χ2v) is 10.3. The van der Waals surface area contributed by atoms with E-state index in [1.165, 1.54) is 5.56 Å². The number of carbonyl (C=O) groups is 1. The first kappa shape index (κ1) is 22.6. The molecule has 4 heterocycles. The summed E-state index contributed by atoms with van der Waals surface area (Å²) < 4.78 is 6.16. The first-order valence-corrected chi connectivity index (χ1v) is 12.4. The van der Waals surface area contributed by atoms with E-state index in [1.807, 2.05) is 17.0 Å². The Labute approximate surface area is 200 Å². The number of likely N-dealkylation sites (tertiary alicyclic amines) is 2. The highest BCUT2D eigenvalue weighted by molar-refractivity contribution is 6.30. The van der Waals surface area contributed by atoms with Crippen LogP contribution in [0.3, 0.4) is 0 Å². The number of ether oxygens (including phenoxy) is 1. The van der Waals surface area contributed by atoms with E-state index in [4.69, 9.17) is 22.1 Å². The lowest BCUT2D eigenvalue weighted by Gasteiger charge is -2.48. The van der Waals surface area contributed by atoms with Crippen LogP contribution in [0.5, 0.6) is 0 Å². The normalized spacial score (nSPS) is 27.3. The third-order valence-corrected chi connectivity index (χ3v) is 7.55. The van der Waals surface area contributed by atoms with Gasteiger partial charge in [0.25, 0.3) is 5.91 Å². The van der Waals surface area contributed by atoms with Crippen LogP contribution in [0.4, 0.5) is 0 Å². The number of piperidine rings is 1. The zero-order valence-electron chi connectivity index (χ0n) is 19.2. The van der Waals surface area contributed by atoms with Gasteiger partial charge >= 0.3 is 0 Å². The second kappa shape index (κ2) is 9.60. The monoisotopic (exact) mass is 472 g/mol. The largest absolute Gasteiger partial charge is 0.385 e. The molecule has 2 N–H and O–H groups in total. The molecule has 178 valence electrons. The Morgan fingerprint density at radius 2 is 1.88 bits per heavy atom. The number of nitrogens with two attached hydrogens (primary N) is 1. The fourth-order valence-electron chi connectivity index (χ4n) is 5.45. The van der Waals surface area contributed by atoms with E-state index in [0.717, 1.165) is 56.3 Å². The van der Waals surface area contributed by atoms with E-state index in [0.29, 0.717) is 37.4 Å². The molecule has 9 heteroatoms. The molecule has 3 saturated heterocycles. The zero-order valence-corrected chi connectivity index (χ0v) is 20.0. The van der Waals surface area contributed by atoms with Gasteiger partial charge in [0.1, 0.15) is 17.8 Å². The molecule has 33 heavy (non-hydrogen) atoms. The van der Waals surface area contributed by atoms with Gasteiger partial charge in [-0.15, -0.1) is 10.2 Å². The molecule has 8 nitrogen and oxygen atoms in total. The Balaban J connectivity index is 1.26. The van der Waals surface area contributed by atoms with Crippen molar-refractivity contribution in [2.45, 2.75) is 50.8 Å². The van der Waals surface area contributed by atoms with Crippen molar-refractivity contribution in [2.75, 3.05) is 39.3 Å². The van der Waals surface area contributed by atoms with Crippen molar-refractivity contribution in [2.24, 2.45) is 21.9 Å². The third-order valence-electron chi connectivity index (χ3n) is 7.30. The van der Waals surface area contributed by atoms with Gasteiger partial charge in [0.05, 0.1) is 13.0 Å². The summed E-state index contributed by atoms with van der Waals surface area (Å²) in [7, 11) is 0. The Hall–Kier alpha value is -2.16. The van der Waals surface area contributed by atoms with E-state index in [-0.39, 0.29) is 18.1 Å². The number of amidine groups is 2. The Bertz CT molecular complexity index is 921. The number of morpholine rings is 1. The van der Waals surface area contributed by atoms with Crippen molar-refractivity contribution in [1.29, 1.82) is 0 Å². The van der Waals surface area contributed by atoms with Gasteiger partial charge in [-0.3, -0.25) is 9.69 Å². The van der Waals surface area contributed by atoms with E-state index >= 15 is 0 Å². The molecule has 0 radical (unpaired) electrons.